The molecule has 2 rings (SSSR count). The summed E-state index contributed by atoms with van der Waals surface area (Å²) in [6.07, 6.45) is 0.931. The third-order valence-corrected chi connectivity index (χ3v) is 5.00. The van der Waals surface area contributed by atoms with Crippen LogP contribution >= 0.6 is 0 Å². The molecule has 2 saturated heterocycles. The number of rotatable bonds is 6. The molecule has 25 heavy (non-hydrogen) atoms. The molecule has 3 amide bonds. The standard InChI is InChI=1S/C17H26N3O5/c1-9(2)15(23)17(25)20-8-12(21)14-11(20)6-7-19(14)13(22)5-4-10(3)16(18)24/h5,9-11,14-15,23H,4,6-8H2,1-3H3,(H2,18,24). The second-order valence-corrected chi connectivity index (χ2v) is 7.20. The molecule has 4 atom stereocenters. The number of nitrogens with two attached hydrogens (primary N) is 1. The molecule has 0 aliphatic carbocycles. The van der Waals surface area contributed by atoms with Crippen molar-refractivity contribution in [1.29, 1.82) is 0 Å². The van der Waals surface area contributed by atoms with Gasteiger partial charge in [-0.1, -0.05) is 20.8 Å². The predicted molar refractivity (Wildman–Crippen MR) is 88.7 cm³/mol. The minimum absolute atomic E-state index is 0.0839. The highest BCUT2D eigenvalue weighted by Gasteiger charge is 2.52. The Morgan fingerprint density at radius 1 is 1.28 bits per heavy atom. The minimum Gasteiger partial charge on any atom is -0.383 e. The van der Waals surface area contributed by atoms with Crippen molar-refractivity contribution in [2.24, 2.45) is 17.6 Å². The molecule has 2 aliphatic heterocycles. The highest BCUT2D eigenvalue weighted by atomic mass is 16.3. The van der Waals surface area contributed by atoms with Crippen molar-refractivity contribution in [2.45, 2.75) is 51.8 Å². The fraction of sp³-hybridized carbons (Fsp3) is 0.706. The first-order chi connectivity index (χ1) is 11.6. The summed E-state index contributed by atoms with van der Waals surface area (Å²) in [5, 5.41) is 10.0. The number of nitrogens with zero attached hydrogens (tertiary/aromatic N) is 2. The fourth-order valence-electron chi connectivity index (χ4n) is 3.32. The molecule has 2 aliphatic rings. The number of carbonyl (C=O) groups excluding carboxylic acids is 4. The maximum absolute atomic E-state index is 12.4. The number of hydrogen-bond donors (Lipinski definition) is 2. The van der Waals surface area contributed by atoms with Gasteiger partial charge in [-0.15, -0.1) is 0 Å². The van der Waals surface area contributed by atoms with Crippen LogP contribution in [-0.2, 0) is 19.2 Å². The summed E-state index contributed by atoms with van der Waals surface area (Å²) in [6, 6.07) is -1.06. The van der Waals surface area contributed by atoms with Crippen molar-refractivity contribution in [3.63, 3.8) is 0 Å². The zero-order valence-electron chi connectivity index (χ0n) is 14.8. The molecule has 3 N–H and O–H groups in total. The Morgan fingerprint density at radius 2 is 1.92 bits per heavy atom. The molecule has 4 unspecified atom stereocenters. The molecule has 0 aromatic carbocycles. The van der Waals surface area contributed by atoms with Crippen LogP contribution in [-0.4, -0.2) is 69.7 Å². The van der Waals surface area contributed by atoms with Gasteiger partial charge in [0.1, 0.15) is 12.1 Å². The van der Waals surface area contributed by atoms with E-state index in [0.717, 1.165) is 0 Å². The van der Waals surface area contributed by atoms with Crippen LogP contribution in [0.3, 0.4) is 0 Å². The van der Waals surface area contributed by atoms with Crippen molar-refractivity contribution in [3.8, 4) is 0 Å². The Morgan fingerprint density at radius 3 is 2.48 bits per heavy atom. The Balaban J connectivity index is 2.03. The third-order valence-electron chi connectivity index (χ3n) is 5.00. The molecule has 0 aromatic rings. The lowest BCUT2D eigenvalue weighted by Crippen LogP contribution is -2.46. The molecule has 8 heteroatoms. The van der Waals surface area contributed by atoms with Crippen LogP contribution in [0.25, 0.3) is 0 Å². The normalized spacial score (nSPS) is 25.2. The molecule has 2 fully saturated rings. The number of carbonyl (C=O) groups is 4. The summed E-state index contributed by atoms with van der Waals surface area (Å²) in [6.45, 7) is 5.38. The van der Waals surface area contributed by atoms with E-state index in [4.69, 9.17) is 5.73 Å². The third kappa shape index (κ3) is 3.84. The Kier molecular flexibility index (Phi) is 5.82. The van der Waals surface area contributed by atoms with Crippen LogP contribution in [0.5, 0.6) is 0 Å². The van der Waals surface area contributed by atoms with Gasteiger partial charge in [-0.05, 0) is 18.8 Å². The lowest BCUT2D eigenvalue weighted by atomic mass is 10.0. The molecule has 0 bridgehead atoms. The second-order valence-electron chi connectivity index (χ2n) is 7.20. The van der Waals surface area contributed by atoms with Crippen LogP contribution in [0.15, 0.2) is 0 Å². The van der Waals surface area contributed by atoms with E-state index in [1.807, 2.05) is 0 Å². The monoisotopic (exact) mass is 352 g/mol. The number of aliphatic hydroxyl groups is 1. The first-order valence-corrected chi connectivity index (χ1v) is 8.59. The zero-order chi connectivity index (χ0) is 18.9. The Bertz CT molecular complexity index is 577. The summed E-state index contributed by atoms with van der Waals surface area (Å²) in [5.41, 5.74) is 5.18. The number of Topliss-reactive ketones (excluding diaryl/α,β-unsaturated/α-hetero) is 1. The number of aliphatic hydroxyl groups excluding tert-OH is 1. The van der Waals surface area contributed by atoms with E-state index in [-0.39, 0.29) is 36.6 Å². The maximum atomic E-state index is 12.4. The summed E-state index contributed by atoms with van der Waals surface area (Å²) in [5.74, 6) is -2.18. The number of likely N-dealkylation sites (tertiary alicyclic amines) is 2. The summed E-state index contributed by atoms with van der Waals surface area (Å²) in [4.78, 5) is 51.1. The second kappa shape index (κ2) is 7.51. The highest BCUT2D eigenvalue weighted by Crippen LogP contribution is 2.31. The fourth-order valence-corrected chi connectivity index (χ4v) is 3.32. The van der Waals surface area contributed by atoms with Crippen molar-refractivity contribution < 1.29 is 24.3 Å². The van der Waals surface area contributed by atoms with Gasteiger partial charge >= 0.3 is 0 Å². The van der Waals surface area contributed by atoms with Crippen molar-refractivity contribution in [1.82, 2.24) is 9.80 Å². The molecule has 139 valence electrons. The smallest absolute Gasteiger partial charge is 0.252 e. The predicted octanol–water partition coefficient (Wildman–Crippen LogP) is -0.900. The van der Waals surface area contributed by atoms with Crippen LogP contribution in [0.2, 0.25) is 0 Å². The van der Waals surface area contributed by atoms with Crippen LogP contribution < -0.4 is 5.73 Å². The Hall–Kier alpha value is -1.96. The molecule has 1 radical (unpaired) electrons. The van der Waals surface area contributed by atoms with Gasteiger partial charge in [0.15, 0.2) is 5.78 Å². The molecule has 2 heterocycles. The molecular formula is C17H26N3O5. The van der Waals surface area contributed by atoms with Crippen LogP contribution in [0.1, 0.15) is 33.6 Å². The molecule has 8 nitrogen and oxygen atoms in total. The number of hydrogen-bond acceptors (Lipinski definition) is 5. The number of amides is 3. The SMILES string of the molecule is CC(C[CH]C(=O)N1CCC2C1C(=O)CN2C(=O)C(O)C(C)C)C(N)=O. The summed E-state index contributed by atoms with van der Waals surface area (Å²) in [7, 11) is 0. The largest absolute Gasteiger partial charge is 0.383 e. The van der Waals surface area contributed by atoms with E-state index in [1.165, 1.54) is 16.2 Å². The molecular weight excluding hydrogens is 326 g/mol. The van der Waals surface area contributed by atoms with Crippen LogP contribution in [0, 0.1) is 18.3 Å². The van der Waals surface area contributed by atoms with Gasteiger partial charge in [-0.2, -0.15) is 0 Å². The molecule has 0 spiro atoms. The minimum atomic E-state index is -1.15. The zero-order valence-corrected chi connectivity index (χ0v) is 14.8. The lowest BCUT2D eigenvalue weighted by molar-refractivity contribution is -0.144. The van der Waals surface area contributed by atoms with E-state index >= 15 is 0 Å². The summed E-state index contributed by atoms with van der Waals surface area (Å²) < 4.78 is 0. The molecule has 0 aromatic heterocycles. The molecule has 0 saturated carbocycles. The van der Waals surface area contributed by atoms with Gasteiger partial charge in [0.25, 0.3) is 5.91 Å². The number of fused-ring (bicyclic) bond motifs is 1. The van der Waals surface area contributed by atoms with E-state index in [0.29, 0.717) is 13.0 Å². The summed E-state index contributed by atoms with van der Waals surface area (Å²) >= 11 is 0. The quantitative estimate of drug-likeness (QED) is 0.642. The van der Waals surface area contributed by atoms with E-state index in [9.17, 15) is 24.3 Å². The first kappa shape index (κ1) is 19.4. The Labute approximate surface area is 147 Å². The van der Waals surface area contributed by atoms with Gasteiger partial charge in [0.2, 0.25) is 11.8 Å². The van der Waals surface area contributed by atoms with Crippen molar-refractivity contribution >= 4 is 23.5 Å². The van der Waals surface area contributed by atoms with Crippen molar-refractivity contribution in [3.05, 3.63) is 6.42 Å². The van der Waals surface area contributed by atoms with Crippen LogP contribution in [0.4, 0.5) is 0 Å². The average Bonchev–Trinajstić information content (AvgIpc) is 3.12. The first-order valence-electron chi connectivity index (χ1n) is 8.59. The van der Waals surface area contributed by atoms with Gasteiger partial charge in [-0.25, -0.2) is 0 Å². The number of ketones is 1. The van der Waals surface area contributed by atoms with E-state index in [2.05, 4.69) is 0 Å². The van der Waals surface area contributed by atoms with Crippen molar-refractivity contribution in [2.75, 3.05) is 13.1 Å². The van der Waals surface area contributed by atoms with Gasteiger partial charge in [0.05, 0.1) is 19.0 Å². The topological polar surface area (TPSA) is 121 Å². The van der Waals surface area contributed by atoms with E-state index < -0.39 is 29.9 Å². The van der Waals surface area contributed by atoms with Gasteiger partial charge < -0.3 is 20.6 Å². The highest BCUT2D eigenvalue weighted by molar-refractivity contribution is 5.99. The maximum Gasteiger partial charge on any atom is 0.252 e. The lowest BCUT2D eigenvalue weighted by Gasteiger charge is -2.27. The van der Waals surface area contributed by atoms with Gasteiger partial charge in [-0.3, -0.25) is 19.2 Å². The average molecular weight is 352 g/mol. The number of primary amides is 1. The van der Waals surface area contributed by atoms with Gasteiger partial charge in [0, 0.05) is 12.5 Å². The van der Waals surface area contributed by atoms with E-state index in [1.54, 1.807) is 20.8 Å².